The fourth-order valence-electron chi connectivity index (χ4n) is 1.17. The van der Waals surface area contributed by atoms with Gasteiger partial charge in [0.2, 0.25) is 6.79 Å². The highest BCUT2D eigenvalue weighted by Crippen LogP contribution is 2.24. The van der Waals surface area contributed by atoms with Gasteiger partial charge < -0.3 is 9.47 Å². The van der Waals surface area contributed by atoms with Crippen molar-refractivity contribution in [3.63, 3.8) is 0 Å². The van der Waals surface area contributed by atoms with Crippen molar-refractivity contribution >= 4 is 0 Å². The molecule has 11 heavy (non-hydrogen) atoms. The molecule has 0 saturated carbocycles. The first kappa shape index (κ1) is 6.53. The topological polar surface area (TPSA) is 18.5 Å². The Hall–Kier alpha value is -1.18. The summed E-state index contributed by atoms with van der Waals surface area (Å²) >= 11 is 0. The van der Waals surface area contributed by atoms with Crippen molar-refractivity contribution in [2.45, 2.75) is 6.92 Å². The zero-order valence-electron chi connectivity index (χ0n) is 6.41. The summed E-state index contributed by atoms with van der Waals surface area (Å²) in [7, 11) is 0. The van der Waals surface area contributed by atoms with Crippen molar-refractivity contribution in [2.24, 2.45) is 5.92 Å². The minimum absolute atomic E-state index is 0.359. The average Bonchev–Trinajstić information content (AvgIpc) is 2.31. The average molecular weight is 150 g/mol. The molecule has 1 fully saturated rings. The van der Waals surface area contributed by atoms with Crippen LogP contribution in [0.15, 0.2) is 35.8 Å². The molecule has 0 radical (unpaired) electrons. The molecule has 0 aromatic carbocycles. The van der Waals surface area contributed by atoms with Crippen molar-refractivity contribution in [2.75, 3.05) is 6.79 Å². The highest BCUT2D eigenvalue weighted by Gasteiger charge is 2.17. The van der Waals surface area contributed by atoms with E-state index in [4.69, 9.17) is 9.47 Å². The Bertz CT molecular complexity index is 248. The summed E-state index contributed by atoms with van der Waals surface area (Å²) in [6.45, 7) is 2.47. The third-order valence-corrected chi connectivity index (χ3v) is 1.75. The molecule has 2 aliphatic rings. The maximum Gasteiger partial charge on any atom is 0.231 e. The summed E-state index contributed by atoms with van der Waals surface area (Å²) in [5.74, 6) is 2.16. The van der Waals surface area contributed by atoms with Crippen LogP contribution in [-0.4, -0.2) is 6.79 Å². The van der Waals surface area contributed by atoms with Gasteiger partial charge in [-0.05, 0) is 18.1 Å². The van der Waals surface area contributed by atoms with E-state index in [0.29, 0.717) is 12.7 Å². The predicted molar refractivity (Wildman–Crippen MR) is 41.5 cm³/mol. The zero-order valence-corrected chi connectivity index (χ0v) is 6.41. The molecule has 0 spiro atoms. The van der Waals surface area contributed by atoms with Crippen LogP contribution in [0.3, 0.4) is 0 Å². The lowest BCUT2D eigenvalue weighted by atomic mass is 10.1. The molecule has 0 bridgehead atoms. The molecular weight excluding hydrogens is 140 g/mol. The summed E-state index contributed by atoms with van der Waals surface area (Å²) in [6.07, 6.45) is 8.09. The lowest BCUT2D eigenvalue weighted by Gasteiger charge is -1.96. The monoisotopic (exact) mass is 150 g/mol. The Labute approximate surface area is 65.8 Å². The van der Waals surface area contributed by atoms with E-state index >= 15 is 0 Å². The van der Waals surface area contributed by atoms with Crippen LogP contribution in [0.2, 0.25) is 0 Å². The molecule has 0 amide bonds. The van der Waals surface area contributed by atoms with E-state index < -0.39 is 0 Å². The SMILES string of the molecule is CC1C=CC=C2OCOC2=C1. The van der Waals surface area contributed by atoms with Crippen LogP contribution >= 0.6 is 0 Å². The van der Waals surface area contributed by atoms with Crippen LogP contribution in [0.1, 0.15) is 6.92 Å². The molecule has 1 heterocycles. The third-order valence-electron chi connectivity index (χ3n) is 1.75. The van der Waals surface area contributed by atoms with Crippen LogP contribution in [0.5, 0.6) is 0 Å². The van der Waals surface area contributed by atoms with Gasteiger partial charge in [0, 0.05) is 0 Å². The first-order chi connectivity index (χ1) is 5.36. The Morgan fingerprint density at radius 1 is 1.36 bits per heavy atom. The molecule has 1 unspecified atom stereocenters. The van der Waals surface area contributed by atoms with E-state index in [2.05, 4.69) is 19.1 Å². The number of fused-ring (bicyclic) bond motifs is 1. The Morgan fingerprint density at radius 3 is 3.09 bits per heavy atom. The fraction of sp³-hybridized carbons (Fsp3) is 0.333. The van der Waals surface area contributed by atoms with E-state index in [1.54, 1.807) is 0 Å². The Balaban J connectivity index is 2.34. The molecule has 58 valence electrons. The Morgan fingerprint density at radius 2 is 2.18 bits per heavy atom. The molecule has 1 aliphatic carbocycles. The van der Waals surface area contributed by atoms with Crippen LogP contribution in [0, 0.1) is 5.92 Å². The first-order valence-electron chi connectivity index (χ1n) is 3.72. The third kappa shape index (κ3) is 1.16. The molecule has 0 aromatic rings. The maximum absolute atomic E-state index is 5.24. The molecular formula is C9H10O2. The van der Waals surface area contributed by atoms with E-state index in [9.17, 15) is 0 Å². The molecule has 0 N–H and O–H groups in total. The lowest BCUT2D eigenvalue weighted by molar-refractivity contribution is 0.0972. The second kappa shape index (κ2) is 2.46. The summed E-state index contributed by atoms with van der Waals surface area (Å²) < 4.78 is 10.4. The Kier molecular flexibility index (Phi) is 1.46. The minimum Gasteiger partial charge on any atom is -0.454 e. The van der Waals surface area contributed by atoms with Gasteiger partial charge in [0.05, 0.1) is 0 Å². The fourth-order valence-corrected chi connectivity index (χ4v) is 1.17. The summed E-state index contributed by atoms with van der Waals surface area (Å²) in [5.41, 5.74) is 0. The predicted octanol–water partition coefficient (Wildman–Crippen LogP) is 1.96. The van der Waals surface area contributed by atoms with Gasteiger partial charge in [0.1, 0.15) is 0 Å². The smallest absolute Gasteiger partial charge is 0.231 e. The van der Waals surface area contributed by atoms with Crippen LogP contribution in [-0.2, 0) is 9.47 Å². The first-order valence-corrected chi connectivity index (χ1v) is 3.72. The number of hydrogen-bond donors (Lipinski definition) is 0. The number of hydrogen-bond acceptors (Lipinski definition) is 2. The molecule has 2 heteroatoms. The van der Waals surface area contributed by atoms with Gasteiger partial charge in [-0.15, -0.1) is 0 Å². The quantitative estimate of drug-likeness (QED) is 0.525. The molecule has 2 nitrogen and oxygen atoms in total. The second-order valence-corrected chi connectivity index (χ2v) is 2.71. The van der Waals surface area contributed by atoms with Gasteiger partial charge >= 0.3 is 0 Å². The zero-order chi connectivity index (χ0) is 7.68. The lowest BCUT2D eigenvalue weighted by Crippen LogP contribution is -1.86. The van der Waals surface area contributed by atoms with Crippen molar-refractivity contribution in [1.29, 1.82) is 0 Å². The van der Waals surface area contributed by atoms with Crippen LogP contribution < -0.4 is 0 Å². The van der Waals surface area contributed by atoms with Gasteiger partial charge in [-0.25, -0.2) is 0 Å². The minimum atomic E-state index is 0.359. The maximum atomic E-state index is 5.24. The molecule has 1 aliphatic heterocycles. The highest BCUT2D eigenvalue weighted by molar-refractivity contribution is 5.30. The number of rotatable bonds is 0. The molecule has 1 atom stereocenters. The van der Waals surface area contributed by atoms with E-state index in [-0.39, 0.29) is 0 Å². The standard InChI is InChI=1S/C9H10O2/c1-7-3-2-4-8-9(5-7)11-6-10-8/h2-5,7H,6H2,1H3. The van der Waals surface area contributed by atoms with Crippen molar-refractivity contribution < 1.29 is 9.47 Å². The summed E-state index contributed by atoms with van der Waals surface area (Å²) in [4.78, 5) is 0. The van der Waals surface area contributed by atoms with E-state index in [0.717, 1.165) is 11.5 Å². The largest absolute Gasteiger partial charge is 0.454 e. The molecule has 0 aromatic heterocycles. The molecule has 2 rings (SSSR count). The van der Waals surface area contributed by atoms with Gasteiger partial charge in [-0.2, -0.15) is 0 Å². The highest BCUT2D eigenvalue weighted by atomic mass is 16.7. The number of ether oxygens (including phenoxy) is 2. The van der Waals surface area contributed by atoms with Crippen LogP contribution in [0.4, 0.5) is 0 Å². The number of allylic oxidation sites excluding steroid dienone is 4. The van der Waals surface area contributed by atoms with Crippen LogP contribution in [0.25, 0.3) is 0 Å². The van der Waals surface area contributed by atoms with Crippen molar-refractivity contribution in [3.05, 3.63) is 35.8 Å². The second-order valence-electron chi connectivity index (χ2n) is 2.71. The van der Waals surface area contributed by atoms with Gasteiger partial charge in [0.15, 0.2) is 11.5 Å². The van der Waals surface area contributed by atoms with Gasteiger partial charge in [-0.1, -0.05) is 19.1 Å². The normalized spacial score (nSPS) is 27.5. The van der Waals surface area contributed by atoms with Crippen molar-refractivity contribution in [3.8, 4) is 0 Å². The summed E-state index contributed by atoms with van der Waals surface area (Å²) in [5, 5.41) is 0. The van der Waals surface area contributed by atoms with E-state index in [1.165, 1.54) is 0 Å². The van der Waals surface area contributed by atoms with Crippen molar-refractivity contribution in [1.82, 2.24) is 0 Å². The van der Waals surface area contributed by atoms with Gasteiger partial charge in [0.25, 0.3) is 0 Å². The molecule has 1 saturated heterocycles. The van der Waals surface area contributed by atoms with E-state index in [1.807, 2.05) is 12.2 Å². The van der Waals surface area contributed by atoms with Gasteiger partial charge in [-0.3, -0.25) is 0 Å². The summed E-state index contributed by atoms with van der Waals surface area (Å²) in [6, 6.07) is 0.